The molecule has 2 aliphatic rings. The molecule has 1 aromatic rings. The van der Waals surface area contributed by atoms with E-state index < -0.39 is 9.84 Å². The van der Waals surface area contributed by atoms with E-state index in [-0.39, 0.29) is 23.5 Å². The molecular weight excluding hydrogens is 344 g/mol. The summed E-state index contributed by atoms with van der Waals surface area (Å²) in [5.74, 6) is 0.122. The van der Waals surface area contributed by atoms with E-state index in [4.69, 9.17) is 4.74 Å². The van der Waals surface area contributed by atoms with Crippen molar-refractivity contribution in [3.63, 3.8) is 0 Å². The van der Waals surface area contributed by atoms with Gasteiger partial charge < -0.3 is 15.4 Å². The maximum absolute atomic E-state index is 12.2. The number of hydrogen-bond donors (Lipinski definition) is 2. The van der Waals surface area contributed by atoms with Crippen molar-refractivity contribution < 1.29 is 17.9 Å². The molecule has 2 fully saturated rings. The zero-order chi connectivity index (χ0) is 17.7. The predicted octanol–water partition coefficient (Wildman–Crippen LogP) is -0.257. The van der Waals surface area contributed by atoms with Crippen molar-refractivity contribution in [1.29, 1.82) is 0 Å². The molecule has 3 rings (SSSR count). The molecule has 1 amide bonds. The van der Waals surface area contributed by atoms with Crippen LogP contribution in [-0.2, 0) is 14.6 Å². The van der Waals surface area contributed by atoms with Gasteiger partial charge in [-0.05, 0) is 18.6 Å². The number of aromatic nitrogens is 1. The van der Waals surface area contributed by atoms with Crippen LogP contribution in [-0.4, -0.2) is 81.1 Å². The normalized spacial score (nSPS) is 23.3. The van der Waals surface area contributed by atoms with Gasteiger partial charge in [0.2, 0.25) is 0 Å². The maximum atomic E-state index is 12.2. The summed E-state index contributed by atoms with van der Waals surface area (Å²) in [6, 6.07) is 3.30. The SMILES string of the molecule is O=C(NCCN1CCOCC1)c1cc(NC2CCS(=O)(=O)C2)ccn1. The van der Waals surface area contributed by atoms with Gasteiger partial charge >= 0.3 is 0 Å². The van der Waals surface area contributed by atoms with Crippen LogP contribution in [0.25, 0.3) is 0 Å². The fraction of sp³-hybridized carbons (Fsp3) is 0.625. The highest BCUT2D eigenvalue weighted by molar-refractivity contribution is 7.91. The molecule has 0 aromatic carbocycles. The van der Waals surface area contributed by atoms with Crippen LogP contribution in [0.2, 0.25) is 0 Å². The molecule has 0 bridgehead atoms. The second-order valence-corrected chi connectivity index (χ2v) is 8.61. The minimum Gasteiger partial charge on any atom is -0.381 e. The smallest absolute Gasteiger partial charge is 0.269 e. The van der Waals surface area contributed by atoms with Gasteiger partial charge in [-0.1, -0.05) is 0 Å². The van der Waals surface area contributed by atoms with Crippen LogP contribution in [0.5, 0.6) is 0 Å². The van der Waals surface area contributed by atoms with Crippen molar-refractivity contribution in [2.45, 2.75) is 12.5 Å². The van der Waals surface area contributed by atoms with E-state index in [1.165, 1.54) is 0 Å². The Balaban J connectivity index is 1.49. The Labute approximate surface area is 147 Å². The van der Waals surface area contributed by atoms with Gasteiger partial charge in [-0.2, -0.15) is 0 Å². The number of carbonyl (C=O) groups is 1. The molecule has 2 aliphatic heterocycles. The summed E-state index contributed by atoms with van der Waals surface area (Å²) in [6.07, 6.45) is 2.15. The minimum atomic E-state index is -2.94. The molecule has 9 heteroatoms. The Morgan fingerprint density at radius 2 is 2.16 bits per heavy atom. The lowest BCUT2D eigenvalue weighted by Crippen LogP contribution is -2.41. The molecule has 25 heavy (non-hydrogen) atoms. The molecule has 0 saturated carbocycles. The highest BCUT2D eigenvalue weighted by Gasteiger charge is 2.27. The molecule has 138 valence electrons. The van der Waals surface area contributed by atoms with E-state index >= 15 is 0 Å². The number of ether oxygens (including phenoxy) is 1. The van der Waals surface area contributed by atoms with E-state index in [0.29, 0.717) is 18.7 Å². The molecule has 1 aromatic heterocycles. The highest BCUT2D eigenvalue weighted by atomic mass is 32.2. The van der Waals surface area contributed by atoms with Crippen molar-refractivity contribution in [2.75, 3.05) is 56.2 Å². The Hall–Kier alpha value is -1.71. The van der Waals surface area contributed by atoms with Crippen LogP contribution in [0, 0.1) is 0 Å². The third-order valence-electron chi connectivity index (χ3n) is 4.41. The molecule has 0 aliphatic carbocycles. The molecule has 0 spiro atoms. The standard InChI is InChI=1S/C16H24N4O4S/c21-16(18-4-5-20-6-8-24-9-7-20)15-11-13(1-3-17-15)19-14-2-10-25(22,23)12-14/h1,3,11,14H,2,4-10,12H2,(H,17,19)(H,18,21). The van der Waals surface area contributed by atoms with Crippen LogP contribution in [0.3, 0.4) is 0 Å². The van der Waals surface area contributed by atoms with Crippen molar-refractivity contribution in [2.24, 2.45) is 0 Å². The van der Waals surface area contributed by atoms with E-state index in [9.17, 15) is 13.2 Å². The van der Waals surface area contributed by atoms with Crippen molar-refractivity contribution in [3.8, 4) is 0 Å². The summed E-state index contributed by atoms with van der Waals surface area (Å²) in [5, 5.41) is 6.05. The molecule has 2 N–H and O–H groups in total. The first kappa shape index (κ1) is 18.1. The van der Waals surface area contributed by atoms with E-state index in [2.05, 4.69) is 20.5 Å². The molecular formula is C16H24N4O4S. The zero-order valence-corrected chi connectivity index (χ0v) is 14.9. The Morgan fingerprint density at radius 1 is 1.36 bits per heavy atom. The van der Waals surface area contributed by atoms with E-state index in [1.54, 1.807) is 18.3 Å². The van der Waals surface area contributed by atoms with Gasteiger partial charge in [0.1, 0.15) is 5.69 Å². The summed E-state index contributed by atoms with van der Waals surface area (Å²) >= 11 is 0. The van der Waals surface area contributed by atoms with E-state index in [0.717, 1.165) is 38.5 Å². The lowest BCUT2D eigenvalue weighted by Gasteiger charge is -2.26. The Morgan fingerprint density at radius 3 is 2.88 bits per heavy atom. The average molecular weight is 368 g/mol. The number of pyridine rings is 1. The highest BCUT2D eigenvalue weighted by Crippen LogP contribution is 2.17. The number of anilines is 1. The van der Waals surface area contributed by atoms with E-state index in [1.807, 2.05) is 0 Å². The molecule has 1 unspecified atom stereocenters. The number of rotatable bonds is 6. The molecule has 0 radical (unpaired) electrons. The average Bonchev–Trinajstić information content (AvgIpc) is 2.94. The third kappa shape index (κ3) is 5.38. The number of amides is 1. The lowest BCUT2D eigenvalue weighted by atomic mass is 10.2. The monoisotopic (exact) mass is 368 g/mol. The molecule has 3 heterocycles. The predicted molar refractivity (Wildman–Crippen MR) is 94.5 cm³/mol. The fourth-order valence-electron chi connectivity index (χ4n) is 3.03. The zero-order valence-electron chi connectivity index (χ0n) is 14.1. The summed E-state index contributed by atoms with van der Waals surface area (Å²) in [5.41, 5.74) is 1.04. The Kier molecular flexibility index (Phi) is 5.87. The van der Waals surface area contributed by atoms with Gasteiger partial charge in [0.15, 0.2) is 9.84 Å². The maximum Gasteiger partial charge on any atom is 0.269 e. The van der Waals surface area contributed by atoms with Crippen molar-refractivity contribution in [1.82, 2.24) is 15.2 Å². The third-order valence-corrected chi connectivity index (χ3v) is 6.18. The summed E-state index contributed by atoms with van der Waals surface area (Å²) < 4.78 is 28.3. The van der Waals surface area contributed by atoms with Crippen molar-refractivity contribution in [3.05, 3.63) is 24.0 Å². The number of nitrogens with zero attached hydrogens (tertiary/aromatic N) is 2. The van der Waals surface area contributed by atoms with Crippen LogP contribution < -0.4 is 10.6 Å². The first-order valence-electron chi connectivity index (χ1n) is 8.53. The molecule has 1 atom stereocenters. The first-order valence-corrected chi connectivity index (χ1v) is 10.4. The number of morpholine rings is 1. The van der Waals surface area contributed by atoms with Crippen LogP contribution in [0.1, 0.15) is 16.9 Å². The molecule has 8 nitrogen and oxygen atoms in total. The number of carbonyl (C=O) groups excluding carboxylic acids is 1. The lowest BCUT2D eigenvalue weighted by molar-refractivity contribution is 0.0383. The van der Waals surface area contributed by atoms with Gasteiger partial charge in [-0.3, -0.25) is 14.7 Å². The second kappa shape index (κ2) is 8.11. The fourth-order valence-corrected chi connectivity index (χ4v) is 4.71. The topological polar surface area (TPSA) is 101 Å². The number of nitrogens with one attached hydrogen (secondary N) is 2. The summed E-state index contributed by atoms with van der Waals surface area (Å²) in [6.45, 7) is 4.59. The number of sulfone groups is 1. The van der Waals surface area contributed by atoms with Gasteiger partial charge in [-0.25, -0.2) is 8.42 Å². The Bertz CT molecular complexity index is 704. The van der Waals surface area contributed by atoms with Gasteiger partial charge in [0.05, 0.1) is 24.7 Å². The number of hydrogen-bond acceptors (Lipinski definition) is 7. The second-order valence-electron chi connectivity index (χ2n) is 6.38. The summed E-state index contributed by atoms with van der Waals surface area (Å²) in [7, 11) is -2.94. The quantitative estimate of drug-likeness (QED) is 0.714. The van der Waals surface area contributed by atoms with Crippen LogP contribution >= 0.6 is 0 Å². The largest absolute Gasteiger partial charge is 0.381 e. The van der Waals surface area contributed by atoms with Gasteiger partial charge in [-0.15, -0.1) is 0 Å². The first-order chi connectivity index (χ1) is 12.0. The van der Waals surface area contributed by atoms with Crippen molar-refractivity contribution >= 4 is 21.4 Å². The minimum absolute atomic E-state index is 0.107. The summed E-state index contributed by atoms with van der Waals surface area (Å²) in [4.78, 5) is 18.6. The molecule has 2 saturated heterocycles. The van der Waals surface area contributed by atoms with Gasteiger partial charge in [0, 0.05) is 44.1 Å². The van der Waals surface area contributed by atoms with Crippen LogP contribution in [0.15, 0.2) is 18.3 Å². The van der Waals surface area contributed by atoms with Crippen LogP contribution in [0.4, 0.5) is 5.69 Å². The van der Waals surface area contributed by atoms with Gasteiger partial charge in [0.25, 0.3) is 5.91 Å².